The summed E-state index contributed by atoms with van der Waals surface area (Å²) in [5, 5.41) is 7.67. The maximum atomic E-state index is 12.3. The van der Waals surface area contributed by atoms with Crippen LogP contribution in [-0.2, 0) is 11.3 Å². The van der Waals surface area contributed by atoms with Crippen molar-refractivity contribution in [1.82, 2.24) is 15.1 Å². The maximum Gasteiger partial charge on any atom is 0.283 e. The number of halogens is 1. The lowest BCUT2D eigenvalue weighted by Gasteiger charge is -2.21. The van der Waals surface area contributed by atoms with E-state index in [1.54, 1.807) is 13.3 Å². The van der Waals surface area contributed by atoms with Gasteiger partial charge in [-0.1, -0.05) is 0 Å². The molecule has 110 valence electrons. The van der Waals surface area contributed by atoms with E-state index in [0.29, 0.717) is 29.5 Å². The predicted octanol–water partition coefficient (Wildman–Crippen LogP) is 0.308. The number of nitrogens with zero attached hydrogens (tertiary/aromatic N) is 3. The Morgan fingerprint density at radius 3 is 2.80 bits per heavy atom. The van der Waals surface area contributed by atoms with E-state index in [1.165, 1.54) is 4.68 Å². The Bertz CT molecular complexity index is 536. The van der Waals surface area contributed by atoms with Crippen molar-refractivity contribution in [2.45, 2.75) is 6.54 Å². The largest absolute Gasteiger partial charge is 0.383 e. The summed E-state index contributed by atoms with van der Waals surface area (Å²) in [6, 6.07) is 0. The number of aromatic nitrogens is 2. The molecule has 1 aromatic heterocycles. The Morgan fingerprint density at radius 1 is 1.45 bits per heavy atom. The average Bonchev–Trinajstić information content (AvgIpc) is 3.01. The van der Waals surface area contributed by atoms with Crippen molar-refractivity contribution in [2.75, 3.05) is 44.8 Å². The first-order chi connectivity index (χ1) is 9.70. The summed E-state index contributed by atoms with van der Waals surface area (Å²) < 4.78 is 7.04. The van der Waals surface area contributed by atoms with Gasteiger partial charge < -0.3 is 15.0 Å². The molecule has 2 aliphatic rings. The van der Waals surface area contributed by atoms with Crippen molar-refractivity contribution < 1.29 is 4.74 Å². The zero-order valence-electron chi connectivity index (χ0n) is 11.5. The molecule has 1 N–H and O–H groups in total. The van der Waals surface area contributed by atoms with Crippen molar-refractivity contribution in [3.63, 3.8) is 0 Å². The van der Waals surface area contributed by atoms with Gasteiger partial charge in [-0.15, -0.1) is 0 Å². The van der Waals surface area contributed by atoms with E-state index in [9.17, 15) is 4.79 Å². The van der Waals surface area contributed by atoms with Gasteiger partial charge in [0.1, 0.15) is 4.47 Å². The standard InChI is InChI=1S/C13H19BrN4O2/c1-20-3-2-18-13(19)12(14)11(6-16-18)17-7-9-4-15-5-10(9)8-17/h6,9-10,15H,2-5,7-8H2,1H3/t9-,10+. The van der Waals surface area contributed by atoms with Crippen molar-refractivity contribution in [1.29, 1.82) is 0 Å². The molecular formula is C13H19BrN4O2. The van der Waals surface area contributed by atoms with Gasteiger partial charge in [0.2, 0.25) is 0 Å². The molecule has 2 aliphatic heterocycles. The third kappa shape index (κ3) is 2.49. The van der Waals surface area contributed by atoms with Crippen LogP contribution in [0.1, 0.15) is 0 Å². The fraction of sp³-hybridized carbons (Fsp3) is 0.692. The van der Waals surface area contributed by atoms with Crippen LogP contribution in [-0.4, -0.2) is 49.7 Å². The number of anilines is 1. The van der Waals surface area contributed by atoms with E-state index in [1.807, 2.05) is 0 Å². The molecule has 0 amide bonds. The van der Waals surface area contributed by atoms with Gasteiger partial charge in [-0.05, 0) is 27.8 Å². The van der Waals surface area contributed by atoms with Gasteiger partial charge in [-0.3, -0.25) is 4.79 Å². The molecular weight excluding hydrogens is 324 g/mol. The molecule has 2 saturated heterocycles. The monoisotopic (exact) mass is 342 g/mol. The highest BCUT2D eigenvalue weighted by Gasteiger charge is 2.37. The minimum atomic E-state index is -0.0882. The molecule has 20 heavy (non-hydrogen) atoms. The highest BCUT2D eigenvalue weighted by molar-refractivity contribution is 9.10. The number of rotatable bonds is 4. The Hall–Kier alpha value is -0.920. The minimum absolute atomic E-state index is 0.0882. The Labute approximate surface area is 126 Å². The third-order valence-electron chi connectivity index (χ3n) is 4.20. The SMILES string of the molecule is COCCn1ncc(N2C[C@H]3CNC[C@H]3C2)c(Br)c1=O. The van der Waals surface area contributed by atoms with Crippen LogP contribution in [0.15, 0.2) is 15.5 Å². The van der Waals surface area contributed by atoms with Crippen molar-refractivity contribution in [2.24, 2.45) is 11.8 Å². The molecule has 3 rings (SSSR count). The number of hydrogen-bond acceptors (Lipinski definition) is 5. The van der Waals surface area contributed by atoms with E-state index in [-0.39, 0.29) is 5.56 Å². The molecule has 0 aliphatic carbocycles. The summed E-state index contributed by atoms with van der Waals surface area (Å²) in [7, 11) is 1.62. The molecule has 2 atom stereocenters. The van der Waals surface area contributed by atoms with Gasteiger partial charge in [0.05, 0.1) is 25.0 Å². The normalized spacial score (nSPS) is 25.2. The van der Waals surface area contributed by atoms with E-state index < -0.39 is 0 Å². The van der Waals surface area contributed by atoms with Crippen molar-refractivity contribution >= 4 is 21.6 Å². The zero-order chi connectivity index (χ0) is 14.1. The zero-order valence-corrected chi connectivity index (χ0v) is 13.1. The summed E-state index contributed by atoms with van der Waals surface area (Å²) in [6.07, 6.45) is 1.79. The lowest BCUT2D eigenvalue weighted by Crippen LogP contribution is -2.31. The summed E-state index contributed by atoms with van der Waals surface area (Å²) in [6.45, 7) is 5.12. The Kier molecular flexibility index (Phi) is 4.09. The van der Waals surface area contributed by atoms with Gasteiger partial charge in [-0.2, -0.15) is 5.10 Å². The highest BCUT2D eigenvalue weighted by atomic mass is 79.9. The van der Waals surface area contributed by atoms with Gasteiger partial charge in [-0.25, -0.2) is 4.68 Å². The van der Waals surface area contributed by atoms with E-state index in [0.717, 1.165) is 31.9 Å². The molecule has 2 fully saturated rings. The second-order valence-electron chi connectivity index (χ2n) is 5.45. The van der Waals surface area contributed by atoms with Crippen LogP contribution in [0.4, 0.5) is 5.69 Å². The number of ether oxygens (including phenoxy) is 1. The van der Waals surface area contributed by atoms with Crippen LogP contribution in [0.25, 0.3) is 0 Å². The number of nitrogens with one attached hydrogen (secondary N) is 1. The molecule has 0 aromatic carbocycles. The number of methoxy groups -OCH3 is 1. The predicted molar refractivity (Wildman–Crippen MR) is 80.1 cm³/mol. The quantitative estimate of drug-likeness (QED) is 0.853. The fourth-order valence-electron chi connectivity index (χ4n) is 3.07. The first-order valence-corrected chi connectivity index (χ1v) is 7.70. The molecule has 0 saturated carbocycles. The minimum Gasteiger partial charge on any atom is -0.383 e. The molecule has 6 nitrogen and oxygen atoms in total. The molecule has 0 spiro atoms. The lowest BCUT2D eigenvalue weighted by atomic mass is 10.0. The maximum absolute atomic E-state index is 12.3. The summed E-state index contributed by atoms with van der Waals surface area (Å²) >= 11 is 3.44. The molecule has 0 radical (unpaired) electrons. The topological polar surface area (TPSA) is 59.4 Å². The second kappa shape index (κ2) is 5.83. The van der Waals surface area contributed by atoms with Crippen LogP contribution >= 0.6 is 15.9 Å². The second-order valence-corrected chi connectivity index (χ2v) is 6.24. The summed E-state index contributed by atoms with van der Waals surface area (Å²) in [4.78, 5) is 14.5. The first kappa shape index (κ1) is 14.0. The van der Waals surface area contributed by atoms with Crippen LogP contribution in [0.5, 0.6) is 0 Å². The van der Waals surface area contributed by atoms with E-state index >= 15 is 0 Å². The van der Waals surface area contributed by atoms with Gasteiger partial charge in [0.25, 0.3) is 5.56 Å². The van der Waals surface area contributed by atoms with Gasteiger partial charge >= 0.3 is 0 Å². The lowest BCUT2D eigenvalue weighted by molar-refractivity contribution is 0.181. The average molecular weight is 343 g/mol. The Morgan fingerprint density at radius 2 is 2.15 bits per heavy atom. The fourth-order valence-corrected chi connectivity index (χ4v) is 3.62. The highest BCUT2D eigenvalue weighted by Crippen LogP contribution is 2.32. The van der Waals surface area contributed by atoms with Crippen LogP contribution in [0, 0.1) is 11.8 Å². The van der Waals surface area contributed by atoms with Crippen molar-refractivity contribution in [3.05, 3.63) is 21.0 Å². The summed E-state index contributed by atoms with van der Waals surface area (Å²) in [5.74, 6) is 1.38. The van der Waals surface area contributed by atoms with E-state index in [4.69, 9.17) is 4.74 Å². The molecule has 1 aromatic rings. The van der Waals surface area contributed by atoms with Crippen LogP contribution in [0.2, 0.25) is 0 Å². The van der Waals surface area contributed by atoms with Crippen LogP contribution in [0.3, 0.4) is 0 Å². The van der Waals surface area contributed by atoms with E-state index in [2.05, 4.69) is 31.2 Å². The van der Waals surface area contributed by atoms with Gasteiger partial charge in [0.15, 0.2) is 0 Å². The Balaban J connectivity index is 1.81. The van der Waals surface area contributed by atoms with Crippen molar-refractivity contribution in [3.8, 4) is 0 Å². The van der Waals surface area contributed by atoms with Crippen LogP contribution < -0.4 is 15.8 Å². The third-order valence-corrected chi connectivity index (χ3v) is 4.95. The van der Waals surface area contributed by atoms with Gasteiger partial charge in [0, 0.05) is 33.3 Å². The molecule has 7 heteroatoms. The molecule has 0 bridgehead atoms. The first-order valence-electron chi connectivity index (χ1n) is 6.91. The summed E-state index contributed by atoms with van der Waals surface area (Å²) in [5.41, 5.74) is 0.827. The smallest absolute Gasteiger partial charge is 0.283 e. The number of hydrogen-bond donors (Lipinski definition) is 1. The number of fused-ring (bicyclic) bond motifs is 1. The molecule has 3 heterocycles. The molecule has 0 unspecified atom stereocenters.